The molecular weight excluding hydrogens is 412 g/mol. The number of anilines is 1. The smallest absolute Gasteiger partial charge is 0.204 e. The Morgan fingerprint density at radius 3 is 2.79 bits per heavy atom. The number of rotatable bonds is 5. The molecule has 0 aliphatic carbocycles. The van der Waals surface area contributed by atoms with E-state index in [-0.39, 0.29) is 0 Å². The molecule has 0 saturated heterocycles. The maximum Gasteiger partial charge on any atom is 0.204 e. The Kier molecular flexibility index (Phi) is 4.54. The van der Waals surface area contributed by atoms with Crippen LogP contribution in [0.3, 0.4) is 0 Å². The summed E-state index contributed by atoms with van der Waals surface area (Å²) in [4.78, 5) is 9.19. The van der Waals surface area contributed by atoms with Crippen LogP contribution in [0.2, 0.25) is 0 Å². The first-order valence-electron chi connectivity index (χ1n) is 10.6. The predicted octanol–water partition coefficient (Wildman–Crippen LogP) is 4.58. The molecule has 0 bridgehead atoms. The van der Waals surface area contributed by atoms with Gasteiger partial charge in [0, 0.05) is 54.5 Å². The van der Waals surface area contributed by atoms with E-state index in [1.165, 1.54) is 10.9 Å². The molecule has 0 saturated carbocycles. The number of fused-ring (bicyclic) bond motifs is 2. The van der Waals surface area contributed by atoms with Crippen LogP contribution in [-0.4, -0.2) is 35.2 Å². The molecule has 6 aromatic rings. The van der Waals surface area contributed by atoms with E-state index in [0.717, 1.165) is 39.0 Å². The summed E-state index contributed by atoms with van der Waals surface area (Å²) in [5, 5.41) is 19.0. The molecule has 8 nitrogen and oxygen atoms in total. The lowest BCUT2D eigenvalue weighted by atomic mass is 10.0. The quantitative estimate of drug-likeness (QED) is 0.414. The van der Waals surface area contributed by atoms with E-state index in [1.807, 2.05) is 18.2 Å². The number of H-pyrrole nitrogens is 1. The second-order valence-corrected chi connectivity index (χ2v) is 7.94. The van der Waals surface area contributed by atoms with Crippen molar-refractivity contribution in [2.75, 3.05) is 5.32 Å². The lowest BCUT2D eigenvalue weighted by Crippen LogP contribution is -2.01. The third kappa shape index (κ3) is 3.57. The summed E-state index contributed by atoms with van der Waals surface area (Å²) in [6.45, 7) is 0.647. The molecule has 160 valence electrons. The Morgan fingerprint density at radius 1 is 0.939 bits per heavy atom. The SMILES string of the molecule is Cn1ccc2ccc(-c3cc(NCc4cccc(-c5nn[nH]n5)c4)cc4nccnc34)cc21. The van der Waals surface area contributed by atoms with Gasteiger partial charge in [-0.2, -0.15) is 5.21 Å². The zero-order chi connectivity index (χ0) is 22.2. The average Bonchev–Trinajstić information content (AvgIpc) is 3.53. The van der Waals surface area contributed by atoms with Crippen molar-refractivity contribution in [1.82, 2.24) is 35.2 Å². The fraction of sp³-hybridized carbons (Fsp3) is 0.0800. The number of aromatic amines is 1. The van der Waals surface area contributed by atoms with Crippen LogP contribution in [0.1, 0.15) is 5.56 Å². The van der Waals surface area contributed by atoms with Crippen molar-refractivity contribution in [2.24, 2.45) is 7.05 Å². The molecule has 3 heterocycles. The first-order valence-corrected chi connectivity index (χ1v) is 10.6. The minimum atomic E-state index is 0.580. The monoisotopic (exact) mass is 432 g/mol. The van der Waals surface area contributed by atoms with Crippen LogP contribution in [0.25, 0.3) is 44.5 Å². The Labute approximate surface area is 189 Å². The van der Waals surface area contributed by atoms with Crippen LogP contribution in [-0.2, 0) is 13.6 Å². The Hall–Kier alpha value is -4.59. The third-order valence-electron chi connectivity index (χ3n) is 5.80. The van der Waals surface area contributed by atoms with Crippen molar-refractivity contribution in [3.05, 3.63) is 84.8 Å². The highest BCUT2D eigenvalue weighted by Crippen LogP contribution is 2.32. The minimum absolute atomic E-state index is 0.580. The summed E-state index contributed by atoms with van der Waals surface area (Å²) in [5.74, 6) is 0.580. The molecule has 0 fully saturated rings. The molecule has 2 N–H and O–H groups in total. The van der Waals surface area contributed by atoms with Crippen LogP contribution in [0.15, 0.2) is 79.3 Å². The van der Waals surface area contributed by atoms with E-state index < -0.39 is 0 Å². The van der Waals surface area contributed by atoms with Gasteiger partial charge in [-0.05, 0) is 52.1 Å². The Balaban J connectivity index is 1.36. The lowest BCUT2D eigenvalue weighted by molar-refractivity contribution is 0.881. The Bertz CT molecular complexity index is 1580. The van der Waals surface area contributed by atoms with Gasteiger partial charge in [-0.25, -0.2) is 0 Å². The zero-order valence-electron chi connectivity index (χ0n) is 17.9. The van der Waals surface area contributed by atoms with E-state index in [0.29, 0.717) is 12.4 Å². The van der Waals surface area contributed by atoms with E-state index in [2.05, 4.69) is 96.2 Å². The van der Waals surface area contributed by atoms with Crippen molar-refractivity contribution in [3.63, 3.8) is 0 Å². The average molecular weight is 432 g/mol. The second-order valence-electron chi connectivity index (χ2n) is 7.94. The fourth-order valence-corrected chi connectivity index (χ4v) is 4.14. The standard InChI is InChI=1S/C25H20N8/c1-33-10-7-17-5-6-18(12-23(17)33)21-13-20(14-22-24(21)27-9-8-26-22)28-15-16-3-2-4-19(11-16)25-29-31-32-30-25/h2-14,28H,15H2,1H3,(H,29,30,31,32). The molecule has 33 heavy (non-hydrogen) atoms. The van der Waals surface area contributed by atoms with Gasteiger partial charge in [-0.15, -0.1) is 10.2 Å². The number of benzene rings is 3. The summed E-state index contributed by atoms with van der Waals surface area (Å²) in [5.41, 5.74) is 8.09. The van der Waals surface area contributed by atoms with Gasteiger partial charge in [0.25, 0.3) is 0 Å². The van der Waals surface area contributed by atoms with Crippen LogP contribution < -0.4 is 5.32 Å². The molecule has 3 aromatic carbocycles. The third-order valence-corrected chi connectivity index (χ3v) is 5.80. The van der Waals surface area contributed by atoms with Gasteiger partial charge in [0.15, 0.2) is 0 Å². The van der Waals surface area contributed by atoms with E-state index in [1.54, 1.807) is 12.4 Å². The van der Waals surface area contributed by atoms with Crippen molar-refractivity contribution < 1.29 is 0 Å². The number of nitrogens with one attached hydrogen (secondary N) is 2. The fourth-order valence-electron chi connectivity index (χ4n) is 4.14. The molecule has 0 unspecified atom stereocenters. The largest absolute Gasteiger partial charge is 0.381 e. The molecule has 0 spiro atoms. The summed E-state index contributed by atoms with van der Waals surface area (Å²) in [6.07, 6.45) is 5.54. The summed E-state index contributed by atoms with van der Waals surface area (Å²) < 4.78 is 2.13. The highest BCUT2D eigenvalue weighted by molar-refractivity contribution is 5.97. The van der Waals surface area contributed by atoms with E-state index in [9.17, 15) is 0 Å². The summed E-state index contributed by atoms with van der Waals surface area (Å²) in [7, 11) is 2.06. The molecule has 0 aliphatic heterocycles. The van der Waals surface area contributed by atoms with Crippen molar-refractivity contribution in [3.8, 4) is 22.5 Å². The van der Waals surface area contributed by atoms with Crippen molar-refractivity contribution in [1.29, 1.82) is 0 Å². The minimum Gasteiger partial charge on any atom is -0.381 e. The molecule has 0 atom stereocenters. The number of aromatic nitrogens is 7. The summed E-state index contributed by atoms with van der Waals surface area (Å²) in [6, 6.07) is 20.9. The number of hydrogen-bond acceptors (Lipinski definition) is 6. The zero-order valence-corrected chi connectivity index (χ0v) is 17.9. The topological polar surface area (TPSA) is 97.2 Å². The molecule has 3 aromatic heterocycles. The normalized spacial score (nSPS) is 11.3. The Morgan fingerprint density at radius 2 is 1.88 bits per heavy atom. The first kappa shape index (κ1) is 19.1. The number of nitrogens with zero attached hydrogens (tertiary/aromatic N) is 6. The van der Waals surface area contributed by atoms with Crippen LogP contribution in [0, 0.1) is 0 Å². The molecule has 0 radical (unpaired) electrons. The van der Waals surface area contributed by atoms with E-state index in [4.69, 9.17) is 0 Å². The first-order chi connectivity index (χ1) is 16.2. The second kappa shape index (κ2) is 7.83. The predicted molar refractivity (Wildman–Crippen MR) is 128 cm³/mol. The van der Waals surface area contributed by atoms with Crippen LogP contribution in [0.4, 0.5) is 5.69 Å². The molecule has 8 heteroatoms. The molecule has 0 amide bonds. The lowest BCUT2D eigenvalue weighted by Gasteiger charge is -2.12. The van der Waals surface area contributed by atoms with Crippen LogP contribution in [0.5, 0.6) is 0 Å². The number of tetrazole rings is 1. The van der Waals surface area contributed by atoms with Gasteiger partial charge < -0.3 is 9.88 Å². The number of aryl methyl sites for hydroxylation is 1. The summed E-state index contributed by atoms with van der Waals surface area (Å²) >= 11 is 0. The molecule has 6 rings (SSSR count). The number of hydrogen-bond donors (Lipinski definition) is 2. The molecular formula is C25H20N8. The maximum atomic E-state index is 4.63. The van der Waals surface area contributed by atoms with Gasteiger partial charge >= 0.3 is 0 Å². The maximum absolute atomic E-state index is 4.63. The van der Waals surface area contributed by atoms with Gasteiger partial charge in [-0.3, -0.25) is 9.97 Å². The van der Waals surface area contributed by atoms with Gasteiger partial charge in [0.1, 0.15) is 0 Å². The van der Waals surface area contributed by atoms with Crippen molar-refractivity contribution >= 4 is 27.6 Å². The van der Waals surface area contributed by atoms with Crippen molar-refractivity contribution in [2.45, 2.75) is 6.54 Å². The highest BCUT2D eigenvalue weighted by Gasteiger charge is 2.11. The van der Waals surface area contributed by atoms with Gasteiger partial charge in [-0.1, -0.05) is 30.3 Å². The highest BCUT2D eigenvalue weighted by atomic mass is 15.5. The molecule has 0 aliphatic rings. The van der Waals surface area contributed by atoms with Gasteiger partial charge in [0.2, 0.25) is 5.82 Å². The van der Waals surface area contributed by atoms with E-state index >= 15 is 0 Å². The van der Waals surface area contributed by atoms with Crippen LogP contribution >= 0.6 is 0 Å². The van der Waals surface area contributed by atoms with Gasteiger partial charge in [0.05, 0.1) is 11.0 Å².